The zero-order valence-electron chi connectivity index (χ0n) is 12.4. The Bertz CT molecular complexity index is 391. The van der Waals surface area contributed by atoms with Crippen LogP contribution in [0.15, 0.2) is 29.3 Å². The number of benzene rings is 1. The maximum absolute atomic E-state index is 9.21. The van der Waals surface area contributed by atoms with E-state index < -0.39 is 0 Å². The average molecular weight is 279 g/mol. The van der Waals surface area contributed by atoms with Gasteiger partial charge < -0.3 is 20.5 Å². The fraction of sp³-hybridized carbons (Fsp3) is 0.533. The van der Waals surface area contributed by atoms with Crippen molar-refractivity contribution in [2.75, 3.05) is 33.9 Å². The van der Waals surface area contributed by atoms with E-state index in [-0.39, 0.29) is 0 Å². The van der Waals surface area contributed by atoms with Gasteiger partial charge in [-0.1, -0.05) is 12.1 Å². The van der Waals surface area contributed by atoms with Gasteiger partial charge >= 0.3 is 0 Å². The smallest absolute Gasteiger partial charge is 0.190 e. The van der Waals surface area contributed by atoms with Crippen molar-refractivity contribution in [2.45, 2.75) is 19.3 Å². The molecule has 0 radical (unpaired) electrons. The molecule has 0 fully saturated rings. The second kappa shape index (κ2) is 10.1. The molecule has 20 heavy (non-hydrogen) atoms. The van der Waals surface area contributed by atoms with Gasteiger partial charge in [0, 0.05) is 33.9 Å². The molecule has 5 heteroatoms. The molecular formula is C15H25N3O2. The lowest BCUT2D eigenvalue weighted by molar-refractivity contribution is 0.195. The molecule has 1 aromatic carbocycles. The van der Waals surface area contributed by atoms with E-state index in [2.05, 4.69) is 15.6 Å². The minimum Gasteiger partial charge on any atom is -0.508 e. The number of aromatic hydroxyl groups is 1. The lowest BCUT2D eigenvalue weighted by atomic mass is 10.1. The molecule has 112 valence electrons. The molecule has 0 bridgehead atoms. The van der Waals surface area contributed by atoms with Gasteiger partial charge in [0.15, 0.2) is 5.96 Å². The number of rotatable bonds is 8. The van der Waals surface area contributed by atoms with Crippen molar-refractivity contribution in [3.8, 4) is 5.75 Å². The first-order chi connectivity index (χ1) is 9.76. The second-order valence-electron chi connectivity index (χ2n) is 4.54. The van der Waals surface area contributed by atoms with Crippen molar-refractivity contribution in [1.82, 2.24) is 10.6 Å². The van der Waals surface area contributed by atoms with Gasteiger partial charge in [0.25, 0.3) is 0 Å². The number of methoxy groups -OCH3 is 1. The summed E-state index contributed by atoms with van der Waals surface area (Å²) >= 11 is 0. The van der Waals surface area contributed by atoms with Crippen molar-refractivity contribution in [2.24, 2.45) is 4.99 Å². The second-order valence-corrected chi connectivity index (χ2v) is 4.54. The highest BCUT2D eigenvalue weighted by molar-refractivity contribution is 5.79. The number of hydrogen-bond acceptors (Lipinski definition) is 3. The quantitative estimate of drug-likeness (QED) is 0.383. The van der Waals surface area contributed by atoms with Gasteiger partial charge in [-0.3, -0.25) is 4.99 Å². The highest BCUT2D eigenvalue weighted by atomic mass is 16.5. The highest BCUT2D eigenvalue weighted by Crippen LogP contribution is 2.10. The van der Waals surface area contributed by atoms with Gasteiger partial charge in [-0.2, -0.15) is 0 Å². The minimum absolute atomic E-state index is 0.313. The zero-order valence-corrected chi connectivity index (χ0v) is 12.4. The Morgan fingerprint density at radius 1 is 1.15 bits per heavy atom. The summed E-state index contributed by atoms with van der Waals surface area (Å²) in [5, 5.41) is 15.7. The first kappa shape index (κ1) is 16.3. The third kappa shape index (κ3) is 6.99. The number of phenols is 1. The molecule has 3 N–H and O–H groups in total. The van der Waals surface area contributed by atoms with Crippen LogP contribution in [-0.4, -0.2) is 44.9 Å². The van der Waals surface area contributed by atoms with E-state index in [4.69, 9.17) is 4.74 Å². The maximum atomic E-state index is 9.21. The van der Waals surface area contributed by atoms with Gasteiger partial charge in [0.05, 0.1) is 0 Å². The molecule has 0 aliphatic heterocycles. The summed E-state index contributed by atoms with van der Waals surface area (Å²) < 4.78 is 5.00. The lowest BCUT2D eigenvalue weighted by Gasteiger charge is -2.11. The number of aryl methyl sites for hydroxylation is 1. The predicted octanol–water partition coefficient (Wildman–Crippen LogP) is 1.53. The largest absolute Gasteiger partial charge is 0.508 e. The first-order valence-corrected chi connectivity index (χ1v) is 6.97. The summed E-state index contributed by atoms with van der Waals surface area (Å²) in [5.41, 5.74) is 1.23. The highest BCUT2D eigenvalue weighted by Gasteiger charge is 1.97. The van der Waals surface area contributed by atoms with Crippen molar-refractivity contribution < 1.29 is 9.84 Å². The van der Waals surface area contributed by atoms with Crippen LogP contribution in [-0.2, 0) is 11.2 Å². The Morgan fingerprint density at radius 3 is 2.40 bits per heavy atom. The summed E-state index contributed by atoms with van der Waals surface area (Å²) in [7, 11) is 3.47. The number of guanidine groups is 1. The van der Waals surface area contributed by atoms with E-state index in [0.717, 1.165) is 44.9 Å². The van der Waals surface area contributed by atoms with Crippen molar-refractivity contribution in [3.05, 3.63) is 29.8 Å². The molecule has 0 amide bonds. The molecule has 0 saturated carbocycles. The molecule has 0 aliphatic carbocycles. The molecule has 0 aromatic heterocycles. The zero-order chi connectivity index (χ0) is 14.6. The van der Waals surface area contributed by atoms with Crippen LogP contribution in [0.4, 0.5) is 0 Å². The normalized spacial score (nSPS) is 11.4. The number of ether oxygens (including phenoxy) is 1. The van der Waals surface area contributed by atoms with Crippen LogP contribution in [0.5, 0.6) is 5.75 Å². The molecule has 1 aromatic rings. The number of nitrogens with one attached hydrogen (secondary N) is 2. The summed E-state index contributed by atoms with van der Waals surface area (Å²) in [6.07, 6.45) is 2.96. The molecule has 0 saturated heterocycles. The average Bonchev–Trinajstić information content (AvgIpc) is 2.47. The third-order valence-electron chi connectivity index (χ3n) is 2.91. The minimum atomic E-state index is 0.313. The summed E-state index contributed by atoms with van der Waals surface area (Å²) in [6.45, 7) is 2.47. The first-order valence-electron chi connectivity index (χ1n) is 6.97. The summed E-state index contributed by atoms with van der Waals surface area (Å²) in [5.74, 6) is 1.14. The Hall–Kier alpha value is -1.75. The third-order valence-corrected chi connectivity index (χ3v) is 2.91. The van der Waals surface area contributed by atoms with E-state index in [9.17, 15) is 5.11 Å². The van der Waals surface area contributed by atoms with Gasteiger partial charge in [-0.15, -0.1) is 0 Å². The van der Waals surface area contributed by atoms with E-state index in [1.165, 1.54) is 5.56 Å². The molecular weight excluding hydrogens is 254 g/mol. The van der Waals surface area contributed by atoms with Crippen LogP contribution in [0.1, 0.15) is 18.4 Å². The molecule has 0 atom stereocenters. The van der Waals surface area contributed by atoms with Crippen LogP contribution < -0.4 is 10.6 Å². The van der Waals surface area contributed by atoms with E-state index in [0.29, 0.717) is 5.75 Å². The number of aliphatic imine (C=N–C) groups is 1. The lowest BCUT2D eigenvalue weighted by Crippen LogP contribution is -2.38. The van der Waals surface area contributed by atoms with E-state index in [1.54, 1.807) is 26.3 Å². The Labute approximate surface area is 121 Å². The Morgan fingerprint density at radius 2 is 1.80 bits per heavy atom. The van der Waals surface area contributed by atoms with Crippen LogP contribution >= 0.6 is 0 Å². The van der Waals surface area contributed by atoms with E-state index >= 15 is 0 Å². The van der Waals surface area contributed by atoms with Crippen LogP contribution in [0.25, 0.3) is 0 Å². The van der Waals surface area contributed by atoms with Crippen LogP contribution in [0.2, 0.25) is 0 Å². The molecule has 5 nitrogen and oxygen atoms in total. The molecule has 0 spiro atoms. The number of phenolic OH excluding ortho intramolecular Hbond substituents is 1. The summed E-state index contributed by atoms with van der Waals surface area (Å²) in [4.78, 5) is 4.16. The summed E-state index contributed by atoms with van der Waals surface area (Å²) in [6, 6.07) is 7.35. The van der Waals surface area contributed by atoms with Crippen molar-refractivity contribution in [3.63, 3.8) is 0 Å². The maximum Gasteiger partial charge on any atom is 0.190 e. The molecule has 0 unspecified atom stereocenters. The molecule has 0 heterocycles. The van der Waals surface area contributed by atoms with Gasteiger partial charge in [0.2, 0.25) is 0 Å². The van der Waals surface area contributed by atoms with E-state index in [1.807, 2.05) is 12.1 Å². The van der Waals surface area contributed by atoms with Crippen molar-refractivity contribution >= 4 is 5.96 Å². The monoisotopic (exact) mass is 279 g/mol. The number of nitrogens with zero attached hydrogens (tertiary/aromatic N) is 1. The Balaban J connectivity index is 2.13. The SMILES string of the molecule is CN=C(NCCCOC)NCCCc1ccc(O)cc1. The fourth-order valence-corrected chi connectivity index (χ4v) is 1.81. The molecule has 0 aliphatic rings. The predicted molar refractivity (Wildman–Crippen MR) is 82.3 cm³/mol. The van der Waals surface area contributed by atoms with Gasteiger partial charge in [-0.05, 0) is 37.0 Å². The van der Waals surface area contributed by atoms with Crippen molar-refractivity contribution in [1.29, 1.82) is 0 Å². The van der Waals surface area contributed by atoms with Crippen LogP contribution in [0.3, 0.4) is 0 Å². The fourth-order valence-electron chi connectivity index (χ4n) is 1.81. The van der Waals surface area contributed by atoms with Gasteiger partial charge in [-0.25, -0.2) is 0 Å². The standard InChI is InChI=1S/C15H25N3O2/c1-16-15(18-11-4-12-20-2)17-10-3-5-13-6-8-14(19)9-7-13/h6-9,19H,3-5,10-12H2,1-2H3,(H2,16,17,18). The van der Waals surface area contributed by atoms with Crippen LogP contribution in [0, 0.1) is 0 Å². The topological polar surface area (TPSA) is 65.9 Å². The number of hydrogen-bond donors (Lipinski definition) is 3. The molecule has 1 rings (SSSR count). The van der Waals surface area contributed by atoms with Gasteiger partial charge in [0.1, 0.15) is 5.75 Å². The Kier molecular flexibility index (Phi) is 8.22.